The van der Waals surface area contributed by atoms with E-state index in [2.05, 4.69) is 19.1 Å². The Morgan fingerprint density at radius 2 is 2.06 bits per heavy atom. The largest absolute Gasteiger partial charge is 0.481 e. The van der Waals surface area contributed by atoms with Gasteiger partial charge < -0.3 is 5.11 Å². The van der Waals surface area contributed by atoms with E-state index in [-0.39, 0.29) is 0 Å². The highest BCUT2D eigenvalue weighted by Gasteiger charge is 2.57. The van der Waals surface area contributed by atoms with E-state index in [0.717, 1.165) is 37.5 Å². The van der Waals surface area contributed by atoms with E-state index in [4.69, 9.17) is 0 Å². The van der Waals surface area contributed by atoms with Crippen molar-refractivity contribution in [3.05, 3.63) is 21.9 Å². The third-order valence-electron chi connectivity index (χ3n) is 4.41. The van der Waals surface area contributed by atoms with Crippen LogP contribution in [-0.2, 0) is 17.6 Å². The van der Waals surface area contributed by atoms with Gasteiger partial charge in [0.15, 0.2) is 0 Å². The van der Waals surface area contributed by atoms with E-state index < -0.39 is 11.4 Å². The van der Waals surface area contributed by atoms with Gasteiger partial charge in [0, 0.05) is 9.75 Å². The first-order valence-corrected chi connectivity index (χ1v) is 7.25. The van der Waals surface area contributed by atoms with Crippen molar-refractivity contribution in [2.75, 3.05) is 0 Å². The molecule has 3 heteroatoms. The van der Waals surface area contributed by atoms with Crippen molar-refractivity contribution in [2.45, 2.75) is 39.0 Å². The Balaban J connectivity index is 1.79. The first-order valence-electron chi connectivity index (χ1n) is 6.44. The Morgan fingerprint density at radius 3 is 2.59 bits per heavy atom. The van der Waals surface area contributed by atoms with Crippen molar-refractivity contribution >= 4 is 17.3 Å². The zero-order valence-corrected chi connectivity index (χ0v) is 10.9. The molecule has 0 aromatic carbocycles. The van der Waals surface area contributed by atoms with Gasteiger partial charge in [-0.25, -0.2) is 0 Å². The average Bonchev–Trinajstić information content (AvgIpc) is 2.76. The van der Waals surface area contributed by atoms with Crippen molar-refractivity contribution < 1.29 is 9.90 Å². The summed E-state index contributed by atoms with van der Waals surface area (Å²) in [5.41, 5.74) is -0.441. The molecule has 17 heavy (non-hydrogen) atoms. The van der Waals surface area contributed by atoms with E-state index in [0.29, 0.717) is 0 Å². The lowest BCUT2D eigenvalue weighted by Crippen LogP contribution is -2.31. The summed E-state index contributed by atoms with van der Waals surface area (Å²) in [5.74, 6) is 0.865. The summed E-state index contributed by atoms with van der Waals surface area (Å²) in [7, 11) is 0. The van der Waals surface area contributed by atoms with Gasteiger partial charge in [-0.1, -0.05) is 6.92 Å². The minimum Gasteiger partial charge on any atom is -0.481 e. The number of carboxylic acids is 1. The SMILES string of the molecule is CCc1ccc(CC2(C(=O)O)CC3CC3C2)s1. The third kappa shape index (κ3) is 1.90. The molecule has 2 unspecified atom stereocenters. The smallest absolute Gasteiger partial charge is 0.310 e. The van der Waals surface area contributed by atoms with Crippen LogP contribution in [0.2, 0.25) is 0 Å². The van der Waals surface area contributed by atoms with Gasteiger partial charge in [0.05, 0.1) is 5.41 Å². The van der Waals surface area contributed by atoms with Crippen LogP contribution in [0.5, 0.6) is 0 Å². The molecule has 92 valence electrons. The Hall–Kier alpha value is -0.830. The van der Waals surface area contributed by atoms with E-state index in [1.54, 1.807) is 11.3 Å². The monoisotopic (exact) mass is 250 g/mol. The average molecular weight is 250 g/mol. The molecule has 0 spiro atoms. The van der Waals surface area contributed by atoms with Gasteiger partial charge in [-0.3, -0.25) is 4.79 Å². The zero-order valence-electron chi connectivity index (χ0n) is 10.1. The maximum absolute atomic E-state index is 11.6. The van der Waals surface area contributed by atoms with Crippen LogP contribution >= 0.6 is 11.3 Å². The van der Waals surface area contributed by atoms with Crippen molar-refractivity contribution in [1.29, 1.82) is 0 Å². The predicted molar refractivity (Wildman–Crippen MR) is 68.3 cm³/mol. The lowest BCUT2D eigenvalue weighted by Gasteiger charge is -2.25. The number of hydrogen-bond donors (Lipinski definition) is 1. The van der Waals surface area contributed by atoms with Gasteiger partial charge >= 0.3 is 5.97 Å². The highest BCUT2D eigenvalue weighted by molar-refractivity contribution is 7.12. The number of aliphatic carboxylic acids is 1. The summed E-state index contributed by atoms with van der Waals surface area (Å²) in [6.45, 7) is 2.15. The summed E-state index contributed by atoms with van der Waals surface area (Å²) >= 11 is 1.79. The van der Waals surface area contributed by atoms with Crippen LogP contribution in [0.15, 0.2) is 12.1 Å². The molecule has 2 atom stereocenters. The molecule has 2 aliphatic rings. The second-order valence-electron chi connectivity index (χ2n) is 5.65. The van der Waals surface area contributed by atoms with E-state index >= 15 is 0 Å². The highest BCUT2D eigenvalue weighted by atomic mass is 32.1. The molecule has 0 bridgehead atoms. The molecule has 2 aliphatic carbocycles. The van der Waals surface area contributed by atoms with Crippen molar-refractivity contribution in [3.63, 3.8) is 0 Å². The summed E-state index contributed by atoms with van der Waals surface area (Å²) in [4.78, 5) is 14.2. The fraction of sp³-hybridized carbons (Fsp3) is 0.643. The fourth-order valence-electron chi connectivity index (χ4n) is 3.33. The van der Waals surface area contributed by atoms with Gasteiger partial charge in [-0.2, -0.15) is 0 Å². The van der Waals surface area contributed by atoms with Crippen molar-refractivity contribution in [2.24, 2.45) is 17.3 Å². The molecule has 3 rings (SSSR count). The third-order valence-corrected chi connectivity index (χ3v) is 5.64. The molecule has 0 aliphatic heterocycles. The maximum atomic E-state index is 11.6. The van der Waals surface area contributed by atoms with Gasteiger partial charge in [0.25, 0.3) is 0 Å². The normalized spacial score (nSPS) is 34.6. The van der Waals surface area contributed by atoms with Crippen LogP contribution < -0.4 is 0 Å². The highest BCUT2D eigenvalue weighted by Crippen LogP contribution is 2.61. The van der Waals surface area contributed by atoms with Crippen molar-refractivity contribution in [1.82, 2.24) is 0 Å². The van der Waals surface area contributed by atoms with Crippen molar-refractivity contribution in [3.8, 4) is 0 Å². The van der Waals surface area contributed by atoms with Gasteiger partial charge in [-0.05, 0) is 56.1 Å². The molecule has 2 fully saturated rings. The zero-order chi connectivity index (χ0) is 12.0. The summed E-state index contributed by atoms with van der Waals surface area (Å²) in [6, 6.07) is 4.27. The second-order valence-corrected chi connectivity index (χ2v) is 6.90. The number of hydrogen-bond acceptors (Lipinski definition) is 2. The van der Waals surface area contributed by atoms with Crippen LogP contribution in [0.3, 0.4) is 0 Å². The van der Waals surface area contributed by atoms with Gasteiger partial charge in [0.2, 0.25) is 0 Å². The van der Waals surface area contributed by atoms with Crippen LogP contribution in [0.1, 0.15) is 35.9 Å². The first-order chi connectivity index (χ1) is 8.13. The molecule has 2 nitrogen and oxygen atoms in total. The predicted octanol–water partition coefficient (Wildman–Crippen LogP) is 3.35. The molecule has 1 heterocycles. The Bertz CT molecular complexity index is 439. The van der Waals surface area contributed by atoms with Gasteiger partial charge in [-0.15, -0.1) is 11.3 Å². The minimum atomic E-state index is -0.573. The van der Waals surface area contributed by atoms with Crippen LogP contribution in [0.4, 0.5) is 0 Å². The van der Waals surface area contributed by atoms with E-state index in [1.165, 1.54) is 16.2 Å². The number of carboxylic acid groups (broad SMARTS) is 1. The lowest BCUT2D eigenvalue weighted by atomic mass is 9.79. The minimum absolute atomic E-state index is 0.441. The summed E-state index contributed by atoms with van der Waals surface area (Å²) in [6.07, 6.45) is 4.90. The topological polar surface area (TPSA) is 37.3 Å². The standard InChI is InChI=1S/C14H18O2S/c1-2-11-3-4-12(17-11)8-14(13(15)16)6-9-5-10(9)7-14/h3-4,9-10H,2,5-8H2,1H3,(H,15,16). The quantitative estimate of drug-likeness (QED) is 0.889. The first kappa shape index (κ1) is 11.3. The molecular weight excluding hydrogens is 232 g/mol. The molecule has 0 amide bonds. The fourth-order valence-corrected chi connectivity index (χ4v) is 4.43. The summed E-state index contributed by atoms with van der Waals surface area (Å²) < 4.78 is 0. The van der Waals surface area contributed by atoms with E-state index in [1.807, 2.05) is 0 Å². The second kappa shape index (κ2) is 3.84. The molecule has 0 radical (unpaired) electrons. The summed E-state index contributed by atoms with van der Waals surface area (Å²) in [5, 5.41) is 9.53. The lowest BCUT2D eigenvalue weighted by molar-refractivity contribution is -0.149. The number of rotatable bonds is 4. The Morgan fingerprint density at radius 1 is 1.41 bits per heavy atom. The Labute approximate surface area is 106 Å². The van der Waals surface area contributed by atoms with Crippen LogP contribution in [0, 0.1) is 17.3 Å². The van der Waals surface area contributed by atoms with Crippen LogP contribution in [-0.4, -0.2) is 11.1 Å². The number of fused-ring (bicyclic) bond motifs is 1. The molecule has 1 aromatic rings. The molecule has 2 saturated carbocycles. The number of thiophene rings is 1. The number of carbonyl (C=O) groups is 1. The molecular formula is C14H18O2S. The molecule has 1 N–H and O–H groups in total. The van der Waals surface area contributed by atoms with E-state index in [9.17, 15) is 9.90 Å². The number of aryl methyl sites for hydroxylation is 1. The van der Waals surface area contributed by atoms with Crippen LogP contribution in [0.25, 0.3) is 0 Å². The molecule has 1 aromatic heterocycles. The molecule has 0 saturated heterocycles. The maximum Gasteiger partial charge on any atom is 0.310 e. The Kier molecular flexibility index (Phi) is 2.54. The van der Waals surface area contributed by atoms with Gasteiger partial charge in [0.1, 0.15) is 0 Å².